The molecular weight excluding hydrogens is 279 g/mol. The fourth-order valence-corrected chi connectivity index (χ4v) is 2.98. The van der Waals surface area contributed by atoms with E-state index in [9.17, 15) is 9.18 Å². The minimum Gasteiger partial charge on any atom is -0.329 e. The average molecular weight is 299 g/mol. The molecule has 1 aliphatic rings. The molecule has 2 N–H and O–H groups in total. The van der Waals surface area contributed by atoms with Gasteiger partial charge in [-0.15, -0.1) is 0 Å². The summed E-state index contributed by atoms with van der Waals surface area (Å²) in [6.07, 6.45) is 0.974. The highest BCUT2D eigenvalue weighted by Crippen LogP contribution is 2.37. The first-order valence-corrected chi connectivity index (χ1v) is 7.12. The Morgan fingerprint density at radius 1 is 1.40 bits per heavy atom. The van der Waals surface area contributed by atoms with E-state index in [1.807, 2.05) is 20.8 Å². The van der Waals surface area contributed by atoms with Gasteiger partial charge in [0.15, 0.2) is 0 Å². The Balaban J connectivity index is 2.50. The van der Waals surface area contributed by atoms with Crippen molar-refractivity contribution in [3.05, 3.63) is 34.6 Å². The van der Waals surface area contributed by atoms with E-state index < -0.39 is 17.4 Å². The van der Waals surface area contributed by atoms with Crippen molar-refractivity contribution in [1.82, 2.24) is 4.90 Å². The lowest BCUT2D eigenvalue weighted by Crippen LogP contribution is -2.56. The van der Waals surface area contributed by atoms with Gasteiger partial charge in [-0.25, -0.2) is 4.39 Å². The van der Waals surface area contributed by atoms with Crippen molar-refractivity contribution in [3.63, 3.8) is 0 Å². The third-order valence-corrected chi connectivity index (χ3v) is 3.88. The Hall–Kier alpha value is -1.13. The van der Waals surface area contributed by atoms with Crippen LogP contribution < -0.4 is 5.73 Å². The highest BCUT2D eigenvalue weighted by atomic mass is 35.5. The van der Waals surface area contributed by atoms with Crippen molar-refractivity contribution in [3.8, 4) is 0 Å². The first-order valence-electron chi connectivity index (χ1n) is 6.74. The first-order chi connectivity index (χ1) is 9.21. The summed E-state index contributed by atoms with van der Waals surface area (Å²) in [4.78, 5) is 14.0. The predicted molar refractivity (Wildman–Crippen MR) is 78.0 cm³/mol. The van der Waals surface area contributed by atoms with Gasteiger partial charge in [0, 0.05) is 28.6 Å². The summed E-state index contributed by atoms with van der Waals surface area (Å²) in [5.41, 5.74) is 6.20. The minimum atomic E-state index is -0.450. The Morgan fingerprint density at radius 2 is 2.05 bits per heavy atom. The van der Waals surface area contributed by atoms with Crippen LogP contribution in [-0.4, -0.2) is 22.4 Å². The van der Waals surface area contributed by atoms with Gasteiger partial charge in [0.25, 0.3) is 0 Å². The molecule has 0 aromatic heterocycles. The van der Waals surface area contributed by atoms with Gasteiger partial charge >= 0.3 is 0 Å². The molecular formula is C15H20ClFN2O. The molecule has 1 aromatic rings. The van der Waals surface area contributed by atoms with Crippen LogP contribution >= 0.6 is 11.6 Å². The summed E-state index contributed by atoms with van der Waals surface area (Å²) in [5, 5.41) is 0.337. The third-order valence-electron chi connectivity index (χ3n) is 3.65. The predicted octanol–water partition coefficient (Wildman–Crippen LogP) is 3.27. The molecule has 1 fully saturated rings. The van der Waals surface area contributed by atoms with E-state index in [4.69, 9.17) is 17.3 Å². The monoisotopic (exact) mass is 298 g/mol. The van der Waals surface area contributed by atoms with Crippen molar-refractivity contribution in [2.24, 2.45) is 5.73 Å². The number of amides is 1. The number of likely N-dealkylation sites (tertiary alicyclic amines) is 1. The summed E-state index contributed by atoms with van der Waals surface area (Å²) < 4.78 is 14.2. The molecule has 1 saturated heterocycles. The summed E-state index contributed by atoms with van der Waals surface area (Å²) >= 11 is 5.80. The number of hydrogen-bond acceptors (Lipinski definition) is 2. The zero-order chi connectivity index (χ0) is 15.1. The Kier molecular flexibility index (Phi) is 4.07. The molecule has 110 valence electrons. The van der Waals surface area contributed by atoms with Crippen LogP contribution in [0.5, 0.6) is 0 Å². The molecule has 1 aromatic carbocycles. The molecule has 0 aliphatic carbocycles. The summed E-state index contributed by atoms with van der Waals surface area (Å²) in [5.74, 6) is -0.402. The quantitative estimate of drug-likeness (QED) is 0.865. The van der Waals surface area contributed by atoms with Gasteiger partial charge in [0.05, 0.1) is 6.04 Å². The Labute approximate surface area is 123 Å². The number of carbonyl (C=O) groups is 1. The van der Waals surface area contributed by atoms with Crippen LogP contribution in [0.3, 0.4) is 0 Å². The van der Waals surface area contributed by atoms with E-state index in [1.165, 1.54) is 6.07 Å². The van der Waals surface area contributed by atoms with Gasteiger partial charge in [-0.1, -0.05) is 17.7 Å². The molecule has 2 unspecified atom stereocenters. The molecule has 0 saturated carbocycles. The second-order valence-corrected chi connectivity index (χ2v) is 6.68. The van der Waals surface area contributed by atoms with E-state index in [2.05, 4.69) is 0 Å². The maximum Gasteiger partial charge on any atom is 0.223 e. The van der Waals surface area contributed by atoms with E-state index >= 15 is 0 Å². The van der Waals surface area contributed by atoms with Crippen molar-refractivity contribution < 1.29 is 9.18 Å². The Bertz CT molecular complexity index is 527. The lowest BCUT2D eigenvalue weighted by molar-refractivity contribution is -0.144. The van der Waals surface area contributed by atoms with Gasteiger partial charge in [-0.3, -0.25) is 4.79 Å². The van der Waals surface area contributed by atoms with Crippen molar-refractivity contribution in [2.45, 2.75) is 51.2 Å². The van der Waals surface area contributed by atoms with Crippen LogP contribution in [0, 0.1) is 5.82 Å². The molecule has 2 atom stereocenters. The molecule has 1 heterocycles. The molecule has 3 nitrogen and oxygen atoms in total. The number of carbonyl (C=O) groups excluding carboxylic acids is 1. The van der Waals surface area contributed by atoms with Gasteiger partial charge in [-0.05, 0) is 39.3 Å². The molecule has 0 bridgehead atoms. The van der Waals surface area contributed by atoms with Crippen LogP contribution in [0.4, 0.5) is 4.39 Å². The minimum absolute atomic E-state index is 0.0125. The number of halogens is 2. The standard InChI is InChI=1S/C15H20ClFN2O/c1-15(2,3)19-13(20)7-6-12(18)14(19)10-5-4-9(16)8-11(10)17/h4-5,8,12,14H,6-7,18H2,1-3H3. The van der Waals surface area contributed by atoms with Crippen LogP contribution in [0.25, 0.3) is 0 Å². The molecule has 20 heavy (non-hydrogen) atoms. The largest absolute Gasteiger partial charge is 0.329 e. The molecule has 0 spiro atoms. The van der Waals surface area contributed by atoms with E-state index in [0.29, 0.717) is 23.4 Å². The lowest BCUT2D eigenvalue weighted by Gasteiger charge is -2.47. The van der Waals surface area contributed by atoms with Crippen LogP contribution in [0.2, 0.25) is 5.02 Å². The highest BCUT2D eigenvalue weighted by molar-refractivity contribution is 6.30. The molecule has 2 rings (SSSR count). The number of nitrogens with two attached hydrogens (primary N) is 1. The first kappa shape index (κ1) is 15.3. The van der Waals surface area contributed by atoms with E-state index in [-0.39, 0.29) is 11.9 Å². The number of hydrogen-bond donors (Lipinski definition) is 1. The zero-order valence-electron chi connectivity index (χ0n) is 12.0. The molecule has 5 heteroatoms. The number of rotatable bonds is 1. The Morgan fingerprint density at radius 3 is 2.60 bits per heavy atom. The van der Waals surface area contributed by atoms with Gasteiger partial charge < -0.3 is 10.6 Å². The van der Waals surface area contributed by atoms with Gasteiger partial charge in [0.1, 0.15) is 5.82 Å². The smallest absolute Gasteiger partial charge is 0.223 e. The highest BCUT2D eigenvalue weighted by Gasteiger charge is 2.41. The lowest BCUT2D eigenvalue weighted by atomic mass is 9.86. The molecule has 1 amide bonds. The van der Waals surface area contributed by atoms with Crippen LogP contribution in [-0.2, 0) is 4.79 Å². The summed E-state index contributed by atoms with van der Waals surface area (Å²) in [6, 6.07) is 3.80. The van der Waals surface area contributed by atoms with Gasteiger partial charge in [-0.2, -0.15) is 0 Å². The van der Waals surface area contributed by atoms with Crippen molar-refractivity contribution in [1.29, 1.82) is 0 Å². The van der Waals surface area contributed by atoms with Crippen molar-refractivity contribution >= 4 is 17.5 Å². The number of nitrogens with zero attached hydrogens (tertiary/aromatic N) is 1. The normalized spacial score (nSPS) is 24.1. The summed E-state index contributed by atoms with van der Waals surface area (Å²) in [6.45, 7) is 5.80. The summed E-state index contributed by atoms with van der Waals surface area (Å²) in [7, 11) is 0. The number of benzene rings is 1. The third kappa shape index (κ3) is 2.81. The van der Waals surface area contributed by atoms with Crippen LogP contribution in [0.1, 0.15) is 45.2 Å². The fourth-order valence-electron chi connectivity index (χ4n) is 2.82. The fraction of sp³-hybridized carbons (Fsp3) is 0.533. The molecule has 0 radical (unpaired) electrons. The average Bonchev–Trinajstić information content (AvgIpc) is 2.31. The van der Waals surface area contributed by atoms with Crippen molar-refractivity contribution in [2.75, 3.05) is 0 Å². The second-order valence-electron chi connectivity index (χ2n) is 6.25. The maximum absolute atomic E-state index is 14.2. The van der Waals surface area contributed by atoms with E-state index in [0.717, 1.165) is 0 Å². The SMILES string of the molecule is CC(C)(C)N1C(=O)CCC(N)C1c1ccc(Cl)cc1F. The van der Waals surface area contributed by atoms with E-state index in [1.54, 1.807) is 17.0 Å². The zero-order valence-corrected chi connectivity index (χ0v) is 12.7. The maximum atomic E-state index is 14.2. The topological polar surface area (TPSA) is 46.3 Å². The second kappa shape index (κ2) is 5.34. The number of piperidine rings is 1. The van der Waals surface area contributed by atoms with Crippen LogP contribution in [0.15, 0.2) is 18.2 Å². The van der Waals surface area contributed by atoms with Gasteiger partial charge in [0.2, 0.25) is 5.91 Å². The molecule has 1 aliphatic heterocycles.